The summed E-state index contributed by atoms with van der Waals surface area (Å²) in [4.78, 5) is 8.49. The van der Waals surface area contributed by atoms with Crippen molar-refractivity contribution >= 4 is 27.7 Å². The molecule has 2 N–H and O–H groups in total. The predicted molar refractivity (Wildman–Crippen MR) is 78.0 cm³/mol. The van der Waals surface area contributed by atoms with Crippen LogP contribution in [0.15, 0.2) is 33.6 Å². The van der Waals surface area contributed by atoms with Gasteiger partial charge in [-0.2, -0.15) is 4.98 Å². The second-order valence-corrected chi connectivity index (χ2v) is 5.94. The highest BCUT2D eigenvalue weighted by Crippen LogP contribution is 2.25. The molecule has 0 fully saturated rings. The van der Waals surface area contributed by atoms with Crippen molar-refractivity contribution in [3.63, 3.8) is 0 Å². The van der Waals surface area contributed by atoms with Crippen molar-refractivity contribution in [2.24, 2.45) is 0 Å². The van der Waals surface area contributed by atoms with Gasteiger partial charge in [0, 0.05) is 9.37 Å². The van der Waals surface area contributed by atoms with E-state index in [1.165, 1.54) is 4.90 Å². The summed E-state index contributed by atoms with van der Waals surface area (Å²) in [5.41, 5.74) is 0.837. The first-order valence-electron chi connectivity index (χ1n) is 5.84. The van der Waals surface area contributed by atoms with E-state index in [-0.39, 0.29) is 5.88 Å². The number of aromatic hydroxyl groups is 1. The second kappa shape index (κ2) is 6.29. The summed E-state index contributed by atoms with van der Waals surface area (Å²) in [6.07, 6.45) is 1.83. The van der Waals surface area contributed by atoms with E-state index in [0.717, 1.165) is 34.6 Å². The molecule has 0 aliphatic rings. The zero-order chi connectivity index (χ0) is 13.0. The van der Waals surface area contributed by atoms with Crippen LogP contribution < -0.4 is 0 Å². The Labute approximate surface area is 119 Å². The molecule has 0 amide bonds. The van der Waals surface area contributed by atoms with E-state index in [0.29, 0.717) is 0 Å². The molecule has 2 aromatic rings. The minimum atomic E-state index is 0.142. The summed E-state index contributed by atoms with van der Waals surface area (Å²) in [5.74, 6) is 1.70. The first kappa shape index (κ1) is 13.5. The van der Waals surface area contributed by atoms with Crippen molar-refractivity contribution in [1.82, 2.24) is 9.97 Å². The second-order valence-electron chi connectivity index (χ2n) is 3.98. The topological polar surface area (TPSA) is 48.9 Å². The van der Waals surface area contributed by atoms with Gasteiger partial charge in [-0.15, -0.1) is 11.8 Å². The molecule has 0 spiro atoms. The Balaban J connectivity index is 1.97. The first-order valence-corrected chi connectivity index (χ1v) is 7.62. The molecule has 1 aromatic carbocycles. The zero-order valence-corrected chi connectivity index (χ0v) is 12.5. The number of H-pyrrole nitrogens is 1. The largest absolute Gasteiger partial charge is 0.492 e. The summed E-state index contributed by atoms with van der Waals surface area (Å²) in [5, 5.41) is 9.64. The van der Waals surface area contributed by atoms with Crippen LogP contribution in [0.1, 0.15) is 24.9 Å². The number of nitrogens with one attached hydrogen (secondary N) is 1. The number of halogens is 1. The maximum atomic E-state index is 9.64. The maximum absolute atomic E-state index is 9.64. The van der Waals surface area contributed by atoms with Gasteiger partial charge in [-0.3, -0.25) is 0 Å². The molecule has 18 heavy (non-hydrogen) atoms. The van der Waals surface area contributed by atoms with Crippen molar-refractivity contribution in [3.05, 3.63) is 40.3 Å². The molecule has 96 valence electrons. The van der Waals surface area contributed by atoms with E-state index < -0.39 is 0 Å². The SMILES string of the molecule is CCCc1[nH]c(CSc2ccc(Br)cc2)nc1O. The number of aromatic nitrogens is 2. The Kier molecular flexibility index (Phi) is 4.72. The number of nitrogens with zero attached hydrogens (tertiary/aromatic N) is 1. The normalized spacial score (nSPS) is 10.8. The van der Waals surface area contributed by atoms with Gasteiger partial charge in [0.15, 0.2) is 0 Å². The molecule has 0 aliphatic heterocycles. The summed E-state index contributed by atoms with van der Waals surface area (Å²) in [7, 11) is 0. The molecule has 0 saturated heterocycles. The third kappa shape index (κ3) is 3.53. The van der Waals surface area contributed by atoms with E-state index in [1.807, 2.05) is 12.1 Å². The van der Waals surface area contributed by atoms with Crippen LogP contribution in [0.3, 0.4) is 0 Å². The molecule has 2 rings (SSSR count). The smallest absolute Gasteiger partial charge is 0.232 e. The summed E-state index contributed by atoms with van der Waals surface area (Å²) >= 11 is 5.11. The molecule has 0 unspecified atom stereocenters. The number of rotatable bonds is 5. The Bertz CT molecular complexity index is 510. The van der Waals surface area contributed by atoms with Crippen LogP contribution in [0.25, 0.3) is 0 Å². The Morgan fingerprint density at radius 2 is 2.06 bits per heavy atom. The lowest BCUT2D eigenvalue weighted by molar-refractivity contribution is 0.448. The van der Waals surface area contributed by atoms with Gasteiger partial charge >= 0.3 is 0 Å². The molecule has 0 aliphatic carbocycles. The number of aromatic amines is 1. The quantitative estimate of drug-likeness (QED) is 0.812. The lowest BCUT2D eigenvalue weighted by Gasteiger charge is -1.99. The van der Waals surface area contributed by atoms with Gasteiger partial charge in [-0.1, -0.05) is 29.3 Å². The maximum Gasteiger partial charge on any atom is 0.232 e. The molecule has 5 heteroatoms. The minimum absolute atomic E-state index is 0.142. The Morgan fingerprint density at radius 1 is 1.33 bits per heavy atom. The molecule has 0 bridgehead atoms. The molecule has 0 saturated carbocycles. The first-order chi connectivity index (χ1) is 8.69. The average molecular weight is 327 g/mol. The highest BCUT2D eigenvalue weighted by Gasteiger charge is 2.08. The van der Waals surface area contributed by atoms with Crippen molar-refractivity contribution in [2.45, 2.75) is 30.4 Å². The third-order valence-corrected chi connectivity index (χ3v) is 4.05. The lowest BCUT2D eigenvalue weighted by Crippen LogP contribution is -1.86. The number of benzene rings is 1. The number of imidazole rings is 1. The Hall–Kier alpha value is -0.940. The van der Waals surface area contributed by atoms with Gasteiger partial charge in [-0.05, 0) is 30.7 Å². The summed E-state index contributed by atoms with van der Waals surface area (Å²) in [6.45, 7) is 2.08. The van der Waals surface area contributed by atoms with Crippen LogP contribution >= 0.6 is 27.7 Å². The molecule has 0 atom stereocenters. The van der Waals surface area contributed by atoms with E-state index in [1.54, 1.807) is 11.8 Å². The van der Waals surface area contributed by atoms with Crippen molar-refractivity contribution < 1.29 is 5.11 Å². The van der Waals surface area contributed by atoms with Gasteiger partial charge in [0.1, 0.15) is 5.82 Å². The van der Waals surface area contributed by atoms with Crippen LogP contribution in [0.4, 0.5) is 0 Å². The standard InChI is InChI=1S/C13H15BrN2OS/c1-2-3-11-13(17)16-12(15-11)8-18-10-6-4-9(14)5-7-10/h4-7,17H,2-3,8H2,1H3,(H,15,16). The fourth-order valence-corrected chi connectivity index (χ4v) is 2.66. The third-order valence-electron chi connectivity index (χ3n) is 2.50. The van der Waals surface area contributed by atoms with E-state index in [2.05, 4.69) is 45.0 Å². The van der Waals surface area contributed by atoms with Crippen LogP contribution in [-0.4, -0.2) is 15.1 Å². The number of aryl methyl sites for hydroxylation is 1. The lowest BCUT2D eigenvalue weighted by atomic mass is 10.3. The molecule has 0 radical (unpaired) electrons. The van der Waals surface area contributed by atoms with Gasteiger partial charge in [0.05, 0.1) is 11.4 Å². The zero-order valence-electron chi connectivity index (χ0n) is 10.1. The summed E-state index contributed by atoms with van der Waals surface area (Å²) in [6, 6.07) is 8.16. The monoisotopic (exact) mass is 326 g/mol. The van der Waals surface area contributed by atoms with Crippen LogP contribution in [0, 0.1) is 0 Å². The van der Waals surface area contributed by atoms with Crippen LogP contribution in [-0.2, 0) is 12.2 Å². The van der Waals surface area contributed by atoms with Gasteiger partial charge in [-0.25, -0.2) is 0 Å². The van der Waals surface area contributed by atoms with E-state index in [9.17, 15) is 5.11 Å². The number of hydrogen-bond donors (Lipinski definition) is 2. The van der Waals surface area contributed by atoms with Crippen molar-refractivity contribution in [1.29, 1.82) is 0 Å². The van der Waals surface area contributed by atoms with E-state index >= 15 is 0 Å². The molecular formula is C13H15BrN2OS. The van der Waals surface area contributed by atoms with Crippen molar-refractivity contribution in [3.8, 4) is 5.88 Å². The fraction of sp³-hybridized carbons (Fsp3) is 0.308. The highest BCUT2D eigenvalue weighted by molar-refractivity contribution is 9.10. The summed E-state index contributed by atoms with van der Waals surface area (Å²) < 4.78 is 1.08. The Morgan fingerprint density at radius 3 is 2.72 bits per heavy atom. The van der Waals surface area contributed by atoms with Gasteiger partial charge in [0.2, 0.25) is 5.88 Å². The highest BCUT2D eigenvalue weighted by atomic mass is 79.9. The number of thioether (sulfide) groups is 1. The van der Waals surface area contributed by atoms with Crippen LogP contribution in [0.5, 0.6) is 5.88 Å². The van der Waals surface area contributed by atoms with Crippen LogP contribution in [0.2, 0.25) is 0 Å². The van der Waals surface area contributed by atoms with Gasteiger partial charge < -0.3 is 10.1 Å². The molecule has 3 nitrogen and oxygen atoms in total. The minimum Gasteiger partial charge on any atom is -0.492 e. The molecule has 1 heterocycles. The molecule has 1 aromatic heterocycles. The predicted octanol–water partition coefficient (Wildman–Crippen LogP) is 4.12. The average Bonchev–Trinajstić information content (AvgIpc) is 2.70. The fourth-order valence-electron chi connectivity index (χ4n) is 1.63. The van der Waals surface area contributed by atoms with E-state index in [4.69, 9.17) is 0 Å². The number of hydrogen-bond acceptors (Lipinski definition) is 3. The molecular weight excluding hydrogens is 312 g/mol. The van der Waals surface area contributed by atoms with Gasteiger partial charge in [0.25, 0.3) is 0 Å². The van der Waals surface area contributed by atoms with Crippen molar-refractivity contribution in [2.75, 3.05) is 0 Å².